The molecule has 0 saturated carbocycles. The highest BCUT2D eigenvalue weighted by Gasteiger charge is 2.56. The van der Waals surface area contributed by atoms with E-state index >= 15 is 0 Å². The Kier molecular flexibility index (Phi) is 4.45. The van der Waals surface area contributed by atoms with Crippen LogP contribution in [0.25, 0.3) is 11.3 Å². The van der Waals surface area contributed by atoms with Crippen molar-refractivity contribution in [2.24, 2.45) is 5.41 Å². The van der Waals surface area contributed by atoms with Gasteiger partial charge in [0.2, 0.25) is 5.91 Å². The molecule has 2 aliphatic rings. The Morgan fingerprint density at radius 3 is 2.57 bits per heavy atom. The van der Waals surface area contributed by atoms with Crippen molar-refractivity contribution in [2.75, 3.05) is 36.0 Å². The van der Waals surface area contributed by atoms with Crippen molar-refractivity contribution in [1.82, 2.24) is 20.1 Å². The van der Waals surface area contributed by atoms with Crippen LogP contribution in [0.2, 0.25) is 0 Å². The lowest BCUT2D eigenvalue weighted by Gasteiger charge is -2.55. The maximum absolute atomic E-state index is 11.9. The van der Waals surface area contributed by atoms with E-state index in [1.165, 1.54) is 6.07 Å². The number of nitrogens with one attached hydrogen (secondary N) is 1. The van der Waals surface area contributed by atoms with Crippen LogP contribution in [0.4, 0.5) is 5.82 Å². The van der Waals surface area contributed by atoms with Crippen molar-refractivity contribution in [3.63, 3.8) is 0 Å². The molecule has 0 bridgehead atoms. The molecule has 0 atom stereocenters. The molecule has 28 heavy (non-hydrogen) atoms. The predicted octanol–water partition coefficient (Wildman–Crippen LogP) is -0.324. The Morgan fingerprint density at radius 2 is 1.96 bits per heavy atom. The fourth-order valence-electron chi connectivity index (χ4n) is 3.83. The van der Waals surface area contributed by atoms with Crippen LogP contribution >= 0.6 is 0 Å². The Hall–Kier alpha value is -2.75. The number of anilines is 1. The summed E-state index contributed by atoms with van der Waals surface area (Å²) in [6.07, 6.45) is 1.67. The number of aromatic nitrogens is 3. The monoisotopic (exact) mass is 403 g/mol. The number of rotatable bonds is 5. The minimum Gasteiger partial charge on any atom is -0.355 e. The molecule has 1 N–H and O–H groups in total. The summed E-state index contributed by atoms with van der Waals surface area (Å²) < 4.78 is 23.9. The number of carbonyl (C=O) groups is 1. The molecule has 1 spiro atoms. The summed E-state index contributed by atoms with van der Waals surface area (Å²) in [4.78, 5) is 30.2. The average molecular weight is 403 g/mol. The van der Waals surface area contributed by atoms with Gasteiger partial charge in [-0.25, -0.2) is 18.1 Å². The second kappa shape index (κ2) is 6.69. The highest BCUT2D eigenvalue weighted by molar-refractivity contribution is 7.92. The van der Waals surface area contributed by atoms with Crippen molar-refractivity contribution in [2.45, 2.75) is 13.5 Å². The highest BCUT2D eigenvalue weighted by Crippen LogP contribution is 2.43. The summed E-state index contributed by atoms with van der Waals surface area (Å²) >= 11 is 0. The van der Waals surface area contributed by atoms with Crippen LogP contribution in [0.1, 0.15) is 6.92 Å². The van der Waals surface area contributed by atoms with Gasteiger partial charge in [-0.3, -0.25) is 9.59 Å². The van der Waals surface area contributed by atoms with Crippen molar-refractivity contribution < 1.29 is 13.2 Å². The maximum Gasteiger partial charge on any atom is 0.267 e. The van der Waals surface area contributed by atoms with Gasteiger partial charge >= 0.3 is 0 Å². The normalized spacial score (nSPS) is 19.0. The molecule has 0 unspecified atom stereocenters. The zero-order valence-electron chi connectivity index (χ0n) is 15.5. The zero-order valence-corrected chi connectivity index (χ0v) is 16.3. The fourth-order valence-corrected chi connectivity index (χ4v) is 5.98. The predicted molar refractivity (Wildman–Crippen MR) is 104 cm³/mol. The average Bonchev–Trinajstić information content (AvgIpc) is 2.59. The minimum atomic E-state index is -2.83. The molecule has 2 aliphatic heterocycles. The van der Waals surface area contributed by atoms with Crippen LogP contribution in [-0.2, 0) is 21.2 Å². The number of likely N-dealkylation sites (N-methyl/N-ethyl adjacent to an activating group) is 1. The van der Waals surface area contributed by atoms with Crippen molar-refractivity contribution in [3.05, 3.63) is 40.8 Å². The van der Waals surface area contributed by atoms with E-state index in [1.807, 2.05) is 19.1 Å². The topological polar surface area (TPSA) is 114 Å². The van der Waals surface area contributed by atoms with E-state index < -0.39 is 9.84 Å². The van der Waals surface area contributed by atoms with Gasteiger partial charge in [0.25, 0.3) is 5.56 Å². The Labute approximate surface area is 162 Å². The molecule has 2 aromatic rings. The molecule has 1 amide bonds. The number of nitrogens with zero attached hydrogens (tertiary/aromatic N) is 4. The van der Waals surface area contributed by atoms with Gasteiger partial charge in [-0.15, -0.1) is 0 Å². The van der Waals surface area contributed by atoms with Gasteiger partial charge < -0.3 is 10.2 Å². The number of hydrogen-bond donors (Lipinski definition) is 1. The van der Waals surface area contributed by atoms with E-state index in [1.54, 1.807) is 12.3 Å². The quantitative estimate of drug-likeness (QED) is 0.727. The van der Waals surface area contributed by atoms with Gasteiger partial charge in [0.05, 0.1) is 17.2 Å². The van der Waals surface area contributed by atoms with Crippen LogP contribution in [0.3, 0.4) is 0 Å². The molecular formula is C18H21N5O4S. The third-order valence-electron chi connectivity index (χ3n) is 5.01. The smallest absolute Gasteiger partial charge is 0.267 e. The second-order valence-corrected chi connectivity index (χ2v) is 9.53. The van der Waals surface area contributed by atoms with Crippen LogP contribution in [0.15, 0.2) is 35.3 Å². The van der Waals surface area contributed by atoms with E-state index in [0.29, 0.717) is 25.3 Å². The molecule has 4 heterocycles. The van der Waals surface area contributed by atoms with Crippen LogP contribution in [0, 0.1) is 5.41 Å². The molecule has 0 aromatic carbocycles. The first-order chi connectivity index (χ1) is 13.3. The Morgan fingerprint density at radius 1 is 1.21 bits per heavy atom. The van der Waals surface area contributed by atoms with Crippen LogP contribution in [0.5, 0.6) is 0 Å². The number of hydrogen-bond acceptors (Lipinski definition) is 7. The number of amides is 1. The number of carbonyl (C=O) groups excluding carboxylic acids is 1. The highest BCUT2D eigenvalue weighted by atomic mass is 32.2. The summed E-state index contributed by atoms with van der Waals surface area (Å²) in [6.45, 7) is 3.57. The minimum absolute atomic E-state index is 0.0880. The summed E-state index contributed by atoms with van der Waals surface area (Å²) in [5.74, 6) is 1.05. The summed E-state index contributed by atoms with van der Waals surface area (Å²) in [5, 5.41) is 6.90. The molecule has 0 radical (unpaired) electrons. The molecule has 2 aromatic heterocycles. The number of pyridine rings is 1. The largest absolute Gasteiger partial charge is 0.355 e. The maximum atomic E-state index is 11.9. The van der Waals surface area contributed by atoms with E-state index in [9.17, 15) is 18.0 Å². The summed E-state index contributed by atoms with van der Waals surface area (Å²) in [5.41, 5.74) is 0.846. The third-order valence-corrected chi connectivity index (χ3v) is 7.11. The Bertz CT molecular complexity index is 1060. The second-order valence-electron chi connectivity index (χ2n) is 7.46. The lowest BCUT2D eigenvalue weighted by Crippen LogP contribution is -2.68. The van der Waals surface area contributed by atoms with Crippen molar-refractivity contribution in [3.8, 4) is 11.3 Å². The Balaban J connectivity index is 1.46. The molecule has 2 fully saturated rings. The van der Waals surface area contributed by atoms with Gasteiger partial charge in [0.1, 0.15) is 12.4 Å². The standard InChI is InChI=1S/C18H21N5O4S/c1-2-19-16(24)8-23-17(25)6-4-14(21-23)13-3-5-15(20-7-13)22-9-18(10-22)11-28(26,27)12-18/h3-7H,2,8-12H2,1H3,(H,19,24). The molecule has 4 rings (SSSR count). The third kappa shape index (κ3) is 3.51. The molecule has 2 saturated heterocycles. The molecular weight excluding hydrogens is 382 g/mol. The van der Waals surface area contributed by atoms with E-state index in [4.69, 9.17) is 0 Å². The lowest BCUT2D eigenvalue weighted by atomic mass is 9.83. The van der Waals surface area contributed by atoms with Gasteiger partial charge in [0, 0.05) is 42.9 Å². The van der Waals surface area contributed by atoms with Crippen LogP contribution < -0.4 is 15.8 Å². The lowest BCUT2D eigenvalue weighted by molar-refractivity contribution is -0.121. The first-order valence-electron chi connectivity index (χ1n) is 9.06. The number of sulfone groups is 1. The SMILES string of the molecule is CCNC(=O)Cn1nc(-c2ccc(N3CC4(C3)CS(=O)(=O)C4)nc2)ccc1=O. The van der Waals surface area contributed by atoms with Crippen molar-refractivity contribution in [1.29, 1.82) is 0 Å². The first kappa shape index (κ1) is 18.6. The zero-order chi connectivity index (χ0) is 19.9. The van der Waals surface area contributed by atoms with Crippen LogP contribution in [-0.4, -0.2) is 60.2 Å². The fraction of sp³-hybridized carbons (Fsp3) is 0.444. The van der Waals surface area contributed by atoms with Gasteiger partial charge in [0.15, 0.2) is 9.84 Å². The van der Waals surface area contributed by atoms with Gasteiger partial charge in [-0.2, -0.15) is 5.10 Å². The van der Waals surface area contributed by atoms with E-state index in [-0.39, 0.29) is 34.9 Å². The van der Waals surface area contributed by atoms with Gasteiger partial charge in [-0.1, -0.05) is 0 Å². The molecule has 0 aliphatic carbocycles. The van der Waals surface area contributed by atoms with E-state index in [0.717, 1.165) is 16.1 Å². The molecule has 148 valence electrons. The first-order valence-corrected chi connectivity index (χ1v) is 10.9. The molecule has 10 heteroatoms. The van der Waals surface area contributed by atoms with E-state index in [2.05, 4.69) is 20.3 Å². The van der Waals surface area contributed by atoms with Gasteiger partial charge in [-0.05, 0) is 25.1 Å². The summed E-state index contributed by atoms with van der Waals surface area (Å²) in [7, 11) is -2.83. The molecule has 9 nitrogen and oxygen atoms in total. The van der Waals surface area contributed by atoms with Crippen molar-refractivity contribution >= 4 is 21.6 Å². The summed E-state index contributed by atoms with van der Waals surface area (Å²) in [6, 6.07) is 6.70.